The molecule has 0 fully saturated rings. The van der Waals surface area contributed by atoms with Gasteiger partial charge >= 0.3 is 0 Å². The molecule has 0 aliphatic carbocycles. The van der Waals surface area contributed by atoms with Gasteiger partial charge in [-0.3, -0.25) is 4.79 Å². The number of carbonyl (C=O) groups excluding carboxylic acids is 1. The smallest absolute Gasteiger partial charge is 0.203 e. The Labute approximate surface area is 113 Å². The van der Waals surface area contributed by atoms with Crippen molar-refractivity contribution >= 4 is 38.7 Å². The number of rotatable bonds is 2. The maximum Gasteiger partial charge on any atom is 0.203 e. The number of aryl methyl sites for hydroxylation is 2. The van der Waals surface area contributed by atoms with Crippen LogP contribution in [0.2, 0.25) is 0 Å². The Morgan fingerprint density at radius 3 is 2.47 bits per heavy atom. The Morgan fingerprint density at radius 2 is 1.94 bits per heavy atom. The average molecular weight is 310 g/mol. The molecule has 1 heterocycles. The molecule has 0 amide bonds. The van der Waals surface area contributed by atoms with Crippen LogP contribution in [0, 0.1) is 13.8 Å². The summed E-state index contributed by atoms with van der Waals surface area (Å²) in [4.78, 5) is 13.0. The van der Waals surface area contributed by atoms with Crippen molar-refractivity contribution in [3.8, 4) is 0 Å². The summed E-state index contributed by atoms with van der Waals surface area (Å²) in [5.41, 5.74) is 9.08. The molecule has 0 radical (unpaired) electrons. The van der Waals surface area contributed by atoms with Gasteiger partial charge in [0.05, 0.1) is 8.66 Å². The van der Waals surface area contributed by atoms with Gasteiger partial charge < -0.3 is 5.73 Å². The quantitative estimate of drug-likeness (QED) is 0.674. The van der Waals surface area contributed by atoms with Crippen molar-refractivity contribution in [2.24, 2.45) is 0 Å². The zero-order valence-corrected chi connectivity index (χ0v) is 12.0. The van der Waals surface area contributed by atoms with E-state index in [-0.39, 0.29) is 5.78 Å². The van der Waals surface area contributed by atoms with E-state index in [2.05, 4.69) is 15.9 Å². The SMILES string of the molecule is Cc1cc(N)ccc1C(=O)c1cc(C)c(Br)s1. The first kappa shape index (κ1) is 12.3. The normalized spacial score (nSPS) is 10.5. The van der Waals surface area contributed by atoms with Gasteiger partial charge in [-0.05, 0) is 65.2 Å². The van der Waals surface area contributed by atoms with Crippen LogP contribution >= 0.6 is 27.3 Å². The van der Waals surface area contributed by atoms with Gasteiger partial charge in [0.2, 0.25) is 5.78 Å². The van der Waals surface area contributed by atoms with Crippen LogP contribution in [-0.2, 0) is 0 Å². The van der Waals surface area contributed by atoms with Gasteiger partial charge in [-0.25, -0.2) is 0 Å². The van der Waals surface area contributed by atoms with E-state index in [0.29, 0.717) is 11.3 Å². The number of thiophene rings is 1. The number of carbonyl (C=O) groups is 1. The molecule has 0 atom stereocenters. The van der Waals surface area contributed by atoms with Crippen molar-refractivity contribution in [2.75, 3.05) is 5.73 Å². The molecule has 2 rings (SSSR count). The Morgan fingerprint density at radius 1 is 1.24 bits per heavy atom. The van der Waals surface area contributed by atoms with Gasteiger partial charge in [-0.2, -0.15) is 0 Å². The summed E-state index contributed by atoms with van der Waals surface area (Å²) in [6.07, 6.45) is 0. The predicted molar refractivity (Wildman–Crippen MR) is 75.8 cm³/mol. The number of nitrogens with two attached hydrogens (primary N) is 1. The van der Waals surface area contributed by atoms with E-state index in [1.807, 2.05) is 26.0 Å². The molecule has 0 unspecified atom stereocenters. The molecule has 0 bridgehead atoms. The van der Waals surface area contributed by atoms with E-state index < -0.39 is 0 Å². The molecule has 17 heavy (non-hydrogen) atoms. The lowest BCUT2D eigenvalue weighted by atomic mass is 10.0. The molecule has 2 nitrogen and oxygen atoms in total. The molecule has 2 aromatic rings. The second kappa shape index (κ2) is 4.63. The van der Waals surface area contributed by atoms with Crippen molar-refractivity contribution in [1.82, 2.24) is 0 Å². The molecular weight excluding hydrogens is 298 g/mol. The molecular formula is C13H12BrNOS. The molecule has 88 valence electrons. The summed E-state index contributed by atoms with van der Waals surface area (Å²) < 4.78 is 1.01. The molecule has 1 aromatic heterocycles. The third-order valence-corrected chi connectivity index (χ3v) is 4.71. The number of nitrogen functional groups attached to an aromatic ring is 1. The molecule has 0 aliphatic rings. The predicted octanol–water partition coefficient (Wildman–Crippen LogP) is 3.94. The van der Waals surface area contributed by atoms with Gasteiger partial charge in [-0.15, -0.1) is 11.3 Å². The van der Waals surface area contributed by atoms with Gasteiger partial charge in [0.1, 0.15) is 0 Å². The van der Waals surface area contributed by atoms with Crippen molar-refractivity contribution in [1.29, 1.82) is 0 Å². The van der Waals surface area contributed by atoms with Crippen molar-refractivity contribution in [3.05, 3.63) is 49.6 Å². The van der Waals surface area contributed by atoms with Gasteiger partial charge in [-0.1, -0.05) is 0 Å². The first-order valence-corrected chi connectivity index (χ1v) is 6.76. The summed E-state index contributed by atoms with van der Waals surface area (Å²) in [6, 6.07) is 7.28. The molecule has 2 N–H and O–H groups in total. The first-order valence-electron chi connectivity index (χ1n) is 5.16. The lowest BCUT2D eigenvalue weighted by molar-refractivity contribution is 0.104. The third-order valence-electron chi connectivity index (χ3n) is 2.58. The van der Waals surface area contributed by atoms with Crippen LogP contribution in [0.25, 0.3) is 0 Å². The van der Waals surface area contributed by atoms with E-state index >= 15 is 0 Å². The van der Waals surface area contributed by atoms with Gasteiger partial charge in [0.15, 0.2) is 0 Å². The van der Waals surface area contributed by atoms with Crippen LogP contribution in [0.15, 0.2) is 28.1 Å². The number of hydrogen-bond donors (Lipinski definition) is 1. The Bertz CT molecular complexity index is 570. The van der Waals surface area contributed by atoms with E-state index in [1.165, 1.54) is 11.3 Å². The molecule has 1 aromatic carbocycles. The van der Waals surface area contributed by atoms with E-state index in [4.69, 9.17) is 5.73 Å². The Kier molecular flexibility index (Phi) is 3.35. The zero-order chi connectivity index (χ0) is 12.6. The number of benzene rings is 1. The van der Waals surface area contributed by atoms with Crippen molar-refractivity contribution < 1.29 is 4.79 Å². The minimum Gasteiger partial charge on any atom is -0.399 e. The van der Waals surface area contributed by atoms with Crippen LogP contribution in [0.4, 0.5) is 5.69 Å². The number of hydrogen-bond acceptors (Lipinski definition) is 3. The molecule has 4 heteroatoms. The summed E-state index contributed by atoms with van der Waals surface area (Å²) in [5.74, 6) is 0.0568. The van der Waals surface area contributed by atoms with E-state index in [0.717, 1.165) is 19.8 Å². The summed E-state index contributed by atoms with van der Waals surface area (Å²) in [7, 11) is 0. The molecule has 0 aliphatic heterocycles. The number of halogens is 1. The minimum absolute atomic E-state index is 0.0568. The highest BCUT2D eigenvalue weighted by atomic mass is 79.9. The first-order chi connectivity index (χ1) is 7.99. The molecule has 0 saturated carbocycles. The van der Waals surface area contributed by atoms with E-state index in [9.17, 15) is 4.79 Å². The lowest BCUT2D eigenvalue weighted by Gasteiger charge is -2.04. The van der Waals surface area contributed by atoms with Gasteiger partial charge in [0, 0.05) is 11.3 Å². The van der Waals surface area contributed by atoms with Crippen molar-refractivity contribution in [3.63, 3.8) is 0 Å². The summed E-state index contributed by atoms with van der Waals surface area (Å²) >= 11 is 4.90. The van der Waals surface area contributed by atoms with E-state index in [1.54, 1.807) is 12.1 Å². The molecule has 0 saturated heterocycles. The fraction of sp³-hybridized carbons (Fsp3) is 0.154. The fourth-order valence-electron chi connectivity index (χ4n) is 1.65. The van der Waals surface area contributed by atoms with Crippen LogP contribution in [-0.4, -0.2) is 5.78 Å². The zero-order valence-electron chi connectivity index (χ0n) is 9.58. The maximum absolute atomic E-state index is 12.3. The fourth-order valence-corrected chi connectivity index (χ4v) is 3.14. The standard InChI is InChI=1S/C13H12BrNOS/c1-7-5-9(15)3-4-10(7)12(16)11-6-8(2)13(14)17-11/h3-6H,15H2,1-2H3. The Hall–Kier alpha value is -1.13. The van der Waals surface area contributed by atoms with Crippen LogP contribution in [0.1, 0.15) is 26.4 Å². The summed E-state index contributed by atoms with van der Waals surface area (Å²) in [5, 5.41) is 0. The van der Waals surface area contributed by atoms with Crippen LogP contribution < -0.4 is 5.73 Å². The highest BCUT2D eigenvalue weighted by Crippen LogP contribution is 2.29. The third kappa shape index (κ3) is 2.42. The number of ketones is 1. The van der Waals surface area contributed by atoms with Crippen molar-refractivity contribution in [2.45, 2.75) is 13.8 Å². The summed E-state index contributed by atoms with van der Waals surface area (Å²) in [6.45, 7) is 3.88. The second-order valence-electron chi connectivity index (χ2n) is 3.97. The second-order valence-corrected chi connectivity index (χ2v) is 6.34. The number of anilines is 1. The molecule has 0 spiro atoms. The largest absolute Gasteiger partial charge is 0.399 e. The average Bonchev–Trinajstić information content (AvgIpc) is 2.58. The lowest BCUT2D eigenvalue weighted by Crippen LogP contribution is -2.02. The minimum atomic E-state index is 0.0568. The highest BCUT2D eigenvalue weighted by molar-refractivity contribution is 9.11. The van der Waals surface area contributed by atoms with Crippen LogP contribution in [0.5, 0.6) is 0 Å². The van der Waals surface area contributed by atoms with Gasteiger partial charge in [0.25, 0.3) is 0 Å². The maximum atomic E-state index is 12.3. The monoisotopic (exact) mass is 309 g/mol. The van der Waals surface area contributed by atoms with Crippen LogP contribution in [0.3, 0.4) is 0 Å². The Balaban J connectivity index is 2.43. The topological polar surface area (TPSA) is 43.1 Å². The highest BCUT2D eigenvalue weighted by Gasteiger charge is 2.15.